The molecule has 3 nitrogen and oxygen atoms in total. The smallest absolute Gasteiger partial charge is 0.357 e. The summed E-state index contributed by atoms with van der Waals surface area (Å²) in [6.45, 7) is 1.70. The molecule has 0 saturated carbocycles. The molecule has 1 heterocycles. The Balaban J connectivity index is 3.28. The number of nitrogens with zero attached hydrogens (tertiary/aromatic N) is 1. The van der Waals surface area contributed by atoms with Gasteiger partial charge >= 0.3 is 5.97 Å². The zero-order valence-corrected chi connectivity index (χ0v) is 10.4. The van der Waals surface area contributed by atoms with Gasteiger partial charge in [0.15, 0.2) is 5.69 Å². The molecule has 0 radical (unpaired) electrons. The Bertz CT molecular complexity index is 427. The molecule has 1 rings (SSSR count). The number of hydrogen-bond donors (Lipinski definition) is 0. The molecule has 1 aromatic heterocycles. The number of halogens is 4. The van der Waals surface area contributed by atoms with Crippen LogP contribution in [0.2, 0.25) is 5.02 Å². The fourth-order valence-electron chi connectivity index (χ4n) is 1.17. The number of pyridine rings is 1. The fraction of sp³-hybridized carbons (Fsp3) is 0.400. The van der Waals surface area contributed by atoms with Crippen molar-refractivity contribution >= 4 is 29.2 Å². The van der Waals surface area contributed by atoms with Crippen molar-refractivity contribution in [2.24, 2.45) is 0 Å². The van der Waals surface area contributed by atoms with Crippen LogP contribution in [0.5, 0.6) is 0 Å². The quantitative estimate of drug-likeness (QED) is 0.626. The minimum atomic E-state index is -2.81. The topological polar surface area (TPSA) is 39.2 Å². The van der Waals surface area contributed by atoms with Crippen LogP contribution in [0.25, 0.3) is 0 Å². The van der Waals surface area contributed by atoms with Gasteiger partial charge in [-0.25, -0.2) is 18.6 Å². The third-order valence-electron chi connectivity index (χ3n) is 1.92. The molecule has 0 aliphatic carbocycles. The molecule has 0 aliphatic rings. The Labute approximate surface area is 107 Å². The Morgan fingerprint density at radius 3 is 2.71 bits per heavy atom. The number of ether oxygens (including phenoxy) is 1. The normalized spacial score (nSPS) is 10.7. The lowest BCUT2D eigenvalue weighted by atomic mass is 10.2. The van der Waals surface area contributed by atoms with Gasteiger partial charge in [0, 0.05) is 10.6 Å². The van der Waals surface area contributed by atoms with Gasteiger partial charge in [-0.2, -0.15) is 0 Å². The number of hydrogen-bond acceptors (Lipinski definition) is 3. The van der Waals surface area contributed by atoms with Gasteiger partial charge in [0.25, 0.3) is 6.43 Å². The maximum absolute atomic E-state index is 12.5. The predicted octanol–water partition coefficient (Wildman–Crippen LogP) is 3.59. The molecule has 0 aliphatic heterocycles. The average molecular weight is 284 g/mol. The molecule has 0 unspecified atom stereocenters. The van der Waals surface area contributed by atoms with Gasteiger partial charge in [-0.3, -0.25) is 0 Å². The lowest BCUT2D eigenvalue weighted by molar-refractivity contribution is 0.0517. The van der Waals surface area contributed by atoms with Crippen LogP contribution in [0.3, 0.4) is 0 Å². The van der Waals surface area contributed by atoms with Gasteiger partial charge in [0.2, 0.25) is 0 Å². The molecule has 0 spiro atoms. The molecule has 94 valence electrons. The summed E-state index contributed by atoms with van der Waals surface area (Å²) in [7, 11) is 0. The number of rotatable bonds is 4. The highest BCUT2D eigenvalue weighted by atomic mass is 35.5. The first-order valence-corrected chi connectivity index (χ1v) is 5.63. The van der Waals surface area contributed by atoms with Gasteiger partial charge in [-0.15, -0.1) is 11.6 Å². The number of carbonyl (C=O) groups excluding carboxylic acids is 1. The van der Waals surface area contributed by atoms with E-state index >= 15 is 0 Å². The van der Waals surface area contributed by atoms with E-state index < -0.39 is 18.1 Å². The molecule has 0 N–H and O–H groups in total. The van der Waals surface area contributed by atoms with Crippen molar-refractivity contribution in [3.05, 3.63) is 28.0 Å². The van der Waals surface area contributed by atoms with E-state index in [2.05, 4.69) is 4.98 Å². The summed E-state index contributed by atoms with van der Waals surface area (Å²) in [5.74, 6) is -0.920. The van der Waals surface area contributed by atoms with Crippen LogP contribution in [-0.2, 0) is 10.6 Å². The molecule has 7 heteroatoms. The van der Waals surface area contributed by atoms with Gasteiger partial charge in [0.05, 0.1) is 12.5 Å². The van der Waals surface area contributed by atoms with E-state index in [1.807, 2.05) is 0 Å². The molecule has 0 bridgehead atoms. The van der Waals surface area contributed by atoms with Crippen molar-refractivity contribution in [3.8, 4) is 0 Å². The highest BCUT2D eigenvalue weighted by molar-refractivity contribution is 6.32. The molecule has 1 aromatic rings. The molecular formula is C10H9Cl2F2NO2. The van der Waals surface area contributed by atoms with E-state index in [1.54, 1.807) is 6.92 Å². The van der Waals surface area contributed by atoms with Crippen LogP contribution >= 0.6 is 23.2 Å². The first kappa shape index (κ1) is 14.1. The van der Waals surface area contributed by atoms with Crippen molar-refractivity contribution in [2.45, 2.75) is 19.2 Å². The van der Waals surface area contributed by atoms with E-state index in [0.29, 0.717) is 0 Å². The zero-order chi connectivity index (χ0) is 13.0. The molecule has 0 atom stereocenters. The number of esters is 1. The largest absolute Gasteiger partial charge is 0.461 e. The Hall–Kier alpha value is -0.940. The summed E-state index contributed by atoms with van der Waals surface area (Å²) >= 11 is 11.4. The highest BCUT2D eigenvalue weighted by Crippen LogP contribution is 2.27. The van der Waals surface area contributed by atoms with Crippen molar-refractivity contribution in [3.63, 3.8) is 0 Å². The minimum Gasteiger partial charge on any atom is -0.461 e. The van der Waals surface area contributed by atoms with Crippen molar-refractivity contribution in [1.29, 1.82) is 0 Å². The number of carbonyl (C=O) groups is 1. The van der Waals surface area contributed by atoms with Crippen molar-refractivity contribution in [1.82, 2.24) is 4.98 Å². The summed E-state index contributed by atoms with van der Waals surface area (Å²) in [4.78, 5) is 15.0. The molecule has 0 fully saturated rings. The van der Waals surface area contributed by atoms with Crippen molar-refractivity contribution < 1.29 is 18.3 Å². The molecule has 0 aromatic carbocycles. The summed E-state index contributed by atoms with van der Waals surface area (Å²) in [5.41, 5.74) is -0.646. The third-order valence-corrected chi connectivity index (χ3v) is 2.52. The first-order valence-electron chi connectivity index (χ1n) is 4.71. The average Bonchev–Trinajstić information content (AvgIpc) is 2.28. The van der Waals surface area contributed by atoms with Gasteiger partial charge in [-0.05, 0) is 13.0 Å². The van der Waals surface area contributed by atoms with Crippen LogP contribution in [-0.4, -0.2) is 17.6 Å². The Morgan fingerprint density at radius 2 is 2.24 bits per heavy atom. The number of alkyl halides is 3. The standard InChI is InChI=1S/C10H9Cl2F2NO2/c1-2-17-10(16)8-5(4-11)6(12)3-7(15-8)9(13)14/h3,9H,2,4H2,1H3. The van der Waals surface area contributed by atoms with E-state index in [1.165, 1.54) is 0 Å². The van der Waals surface area contributed by atoms with Crippen LogP contribution in [0, 0.1) is 0 Å². The van der Waals surface area contributed by atoms with Crippen LogP contribution < -0.4 is 0 Å². The van der Waals surface area contributed by atoms with E-state index in [0.717, 1.165) is 6.07 Å². The molecular weight excluding hydrogens is 275 g/mol. The second-order valence-electron chi connectivity index (χ2n) is 3.01. The van der Waals surface area contributed by atoms with Gasteiger partial charge < -0.3 is 4.74 Å². The van der Waals surface area contributed by atoms with Crippen LogP contribution in [0.4, 0.5) is 8.78 Å². The van der Waals surface area contributed by atoms with Crippen LogP contribution in [0.15, 0.2) is 6.07 Å². The summed E-state index contributed by atoms with van der Waals surface area (Å²) in [5, 5.41) is -0.0200. The SMILES string of the molecule is CCOC(=O)c1nc(C(F)F)cc(Cl)c1CCl. The molecule has 0 amide bonds. The van der Waals surface area contributed by atoms with Crippen molar-refractivity contribution in [2.75, 3.05) is 6.61 Å². The maximum Gasteiger partial charge on any atom is 0.357 e. The lowest BCUT2D eigenvalue weighted by Gasteiger charge is -2.09. The summed E-state index contributed by atoms with van der Waals surface area (Å²) < 4.78 is 29.7. The summed E-state index contributed by atoms with van der Waals surface area (Å²) in [6, 6.07) is 0.993. The van der Waals surface area contributed by atoms with Gasteiger partial charge in [0.1, 0.15) is 5.69 Å². The summed E-state index contributed by atoms with van der Waals surface area (Å²) in [6.07, 6.45) is -2.81. The second kappa shape index (κ2) is 6.12. The Morgan fingerprint density at radius 1 is 1.59 bits per heavy atom. The first-order chi connectivity index (χ1) is 8.01. The monoisotopic (exact) mass is 283 g/mol. The van der Waals surface area contributed by atoms with Crippen LogP contribution in [0.1, 0.15) is 35.1 Å². The number of aromatic nitrogens is 1. The van der Waals surface area contributed by atoms with E-state index in [-0.39, 0.29) is 28.8 Å². The van der Waals surface area contributed by atoms with E-state index in [4.69, 9.17) is 27.9 Å². The fourth-order valence-corrected chi connectivity index (χ4v) is 1.77. The lowest BCUT2D eigenvalue weighted by Crippen LogP contribution is -2.12. The molecule has 0 saturated heterocycles. The highest BCUT2D eigenvalue weighted by Gasteiger charge is 2.21. The predicted molar refractivity (Wildman–Crippen MR) is 59.7 cm³/mol. The second-order valence-corrected chi connectivity index (χ2v) is 3.69. The maximum atomic E-state index is 12.5. The molecule has 17 heavy (non-hydrogen) atoms. The van der Waals surface area contributed by atoms with E-state index in [9.17, 15) is 13.6 Å². The Kier molecular flexibility index (Phi) is 5.08. The zero-order valence-electron chi connectivity index (χ0n) is 8.84. The van der Waals surface area contributed by atoms with Gasteiger partial charge in [-0.1, -0.05) is 11.6 Å². The minimum absolute atomic E-state index is 0.0200. The third kappa shape index (κ3) is 3.26.